The molecule has 3 N–H and O–H groups in total. The molecule has 4 aliphatic rings. The van der Waals surface area contributed by atoms with E-state index < -0.39 is 29.5 Å². The molecule has 0 spiro atoms. The number of rotatable bonds is 5. The Bertz CT molecular complexity index is 876. The predicted molar refractivity (Wildman–Crippen MR) is 127 cm³/mol. The van der Waals surface area contributed by atoms with Crippen LogP contribution in [-0.2, 0) is 19.1 Å². The number of ketones is 2. The van der Waals surface area contributed by atoms with Crippen molar-refractivity contribution in [3.63, 3.8) is 0 Å². The summed E-state index contributed by atoms with van der Waals surface area (Å²) in [5.74, 6) is -0.409. The van der Waals surface area contributed by atoms with Crippen molar-refractivity contribution >= 4 is 17.5 Å². The minimum absolute atomic E-state index is 0.00912. The van der Waals surface area contributed by atoms with Gasteiger partial charge in [0.2, 0.25) is 0 Å². The zero-order chi connectivity index (χ0) is 25.3. The first-order chi connectivity index (χ1) is 15.9. The first-order valence-electron chi connectivity index (χ1n) is 12.6. The van der Waals surface area contributed by atoms with E-state index >= 15 is 0 Å². The van der Waals surface area contributed by atoms with Gasteiger partial charge in [-0.05, 0) is 62.5 Å². The van der Waals surface area contributed by atoms with Crippen LogP contribution in [0.15, 0.2) is 23.8 Å². The molecule has 0 saturated heterocycles. The van der Waals surface area contributed by atoms with Crippen molar-refractivity contribution in [1.29, 1.82) is 0 Å². The summed E-state index contributed by atoms with van der Waals surface area (Å²) in [7, 11) is 0. The van der Waals surface area contributed by atoms with Gasteiger partial charge in [0.25, 0.3) is 0 Å². The van der Waals surface area contributed by atoms with Crippen LogP contribution in [0.25, 0.3) is 0 Å². The fourth-order valence-electron chi connectivity index (χ4n) is 7.28. The Hall–Kier alpha value is -1.83. The number of Topliss-reactive ketones (excluding diaryl/α,β-unsaturated/α-hetero) is 1. The van der Waals surface area contributed by atoms with Gasteiger partial charge in [-0.3, -0.25) is 14.4 Å². The van der Waals surface area contributed by atoms with E-state index in [1.807, 2.05) is 13.0 Å². The Balaban J connectivity index is 0.000000350. The molecule has 1 unspecified atom stereocenters. The molecule has 0 aliphatic heterocycles. The number of aliphatic hydroxyl groups is 3. The van der Waals surface area contributed by atoms with Crippen LogP contribution in [0, 0.1) is 28.6 Å². The largest absolute Gasteiger partial charge is 0.466 e. The third kappa shape index (κ3) is 4.42. The van der Waals surface area contributed by atoms with Gasteiger partial charge < -0.3 is 20.1 Å². The SMILES string of the molecule is CCCCOC(C)=O.C[C@]12C=CC(=O)C=C1CC[C@@H]1[C@@H]2C(O)C[C@@]2(C)[C@H]1CC[C@]2(O)C(=O)CO. The normalized spacial score (nSPS) is 40.2. The van der Waals surface area contributed by atoms with Crippen molar-refractivity contribution in [3.05, 3.63) is 23.8 Å². The molecule has 0 radical (unpaired) electrons. The van der Waals surface area contributed by atoms with Crippen LogP contribution < -0.4 is 0 Å². The smallest absolute Gasteiger partial charge is 0.302 e. The van der Waals surface area contributed by atoms with Gasteiger partial charge >= 0.3 is 5.97 Å². The molecular weight excluding hydrogens is 436 g/mol. The molecular formula is C27H40O7. The number of ether oxygens (including phenoxy) is 1. The number of fused-ring (bicyclic) bond motifs is 5. The lowest BCUT2D eigenvalue weighted by atomic mass is 9.46. The monoisotopic (exact) mass is 476 g/mol. The van der Waals surface area contributed by atoms with E-state index in [1.165, 1.54) is 6.92 Å². The van der Waals surface area contributed by atoms with Crippen molar-refractivity contribution in [2.24, 2.45) is 28.6 Å². The first-order valence-corrected chi connectivity index (χ1v) is 12.6. The number of hydrogen-bond acceptors (Lipinski definition) is 7. The van der Waals surface area contributed by atoms with Gasteiger partial charge in [-0.25, -0.2) is 0 Å². The summed E-state index contributed by atoms with van der Waals surface area (Å²) < 4.78 is 4.64. The van der Waals surface area contributed by atoms with E-state index in [0.29, 0.717) is 19.4 Å². The van der Waals surface area contributed by atoms with Crippen LogP contribution in [-0.4, -0.2) is 57.8 Å². The maximum absolute atomic E-state index is 12.4. The lowest BCUT2D eigenvalue weighted by Gasteiger charge is -2.59. The van der Waals surface area contributed by atoms with Gasteiger partial charge in [0.15, 0.2) is 11.6 Å². The summed E-state index contributed by atoms with van der Waals surface area (Å²) in [5.41, 5.74) is -1.54. The van der Waals surface area contributed by atoms with E-state index in [4.69, 9.17) is 0 Å². The van der Waals surface area contributed by atoms with Crippen LogP contribution in [0.5, 0.6) is 0 Å². The number of carbonyl (C=O) groups excluding carboxylic acids is 3. The summed E-state index contributed by atoms with van der Waals surface area (Å²) in [5, 5.41) is 31.7. The summed E-state index contributed by atoms with van der Waals surface area (Å²) in [6, 6.07) is 0. The highest BCUT2D eigenvalue weighted by atomic mass is 16.5. The highest BCUT2D eigenvalue weighted by Gasteiger charge is 2.67. The molecule has 0 aromatic heterocycles. The average Bonchev–Trinajstić information content (AvgIpc) is 3.05. The van der Waals surface area contributed by atoms with Crippen LogP contribution >= 0.6 is 0 Å². The fourth-order valence-corrected chi connectivity index (χ4v) is 7.28. The number of aliphatic hydroxyl groups excluding tert-OH is 2. The predicted octanol–water partition coefficient (Wildman–Crippen LogP) is 2.91. The second-order valence-corrected chi connectivity index (χ2v) is 10.9. The van der Waals surface area contributed by atoms with Crippen molar-refractivity contribution in [2.75, 3.05) is 13.2 Å². The van der Waals surface area contributed by atoms with Crippen molar-refractivity contribution < 1.29 is 34.4 Å². The van der Waals surface area contributed by atoms with Crippen LogP contribution in [0.4, 0.5) is 0 Å². The lowest BCUT2D eigenvalue weighted by molar-refractivity contribution is -0.178. The number of allylic oxidation sites excluding steroid dienone is 4. The second-order valence-electron chi connectivity index (χ2n) is 10.9. The first kappa shape index (κ1) is 26.8. The number of esters is 1. The van der Waals surface area contributed by atoms with Crippen molar-refractivity contribution in [2.45, 2.75) is 84.3 Å². The summed E-state index contributed by atoms with van der Waals surface area (Å²) in [4.78, 5) is 34.3. The fraction of sp³-hybridized carbons (Fsp3) is 0.741. The Kier molecular flexibility index (Phi) is 7.90. The van der Waals surface area contributed by atoms with E-state index in [-0.39, 0.29) is 34.9 Å². The highest BCUT2D eigenvalue weighted by molar-refractivity contribution is 6.01. The highest BCUT2D eigenvalue weighted by Crippen LogP contribution is 2.67. The molecule has 0 heterocycles. The maximum atomic E-state index is 12.4. The number of unbranched alkanes of at least 4 members (excludes halogenated alkanes) is 1. The molecule has 7 atom stereocenters. The molecule has 4 rings (SSSR count). The number of carbonyl (C=O) groups is 3. The van der Waals surface area contributed by atoms with Gasteiger partial charge in [-0.2, -0.15) is 0 Å². The average molecular weight is 477 g/mol. The minimum Gasteiger partial charge on any atom is -0.466 e. The molecule has 3 saturated carbocycles. The standard InChI is InChI=1S/C21H28O5.C6H12O2/c1-19-7-5-13(23)9-12(19)3-4-14-15-6-8-21(26,17(25)11-22)20(15,2)10-16(24)18(14)19;1-3-4-5-8-6(2)7/h5,7,9,14-16,18,22,24,26H,3-4,6,8,10-11H2,1-2H3;3-5H2,1-2H3/t14-,15-,16?,18+,19-,20-,21-;/m0./s1. The van der Waals surface area contributed by atoms with Gasteiger partial charge in [-0.15, -0.1) is 0 Å². The van der Waals surface area contributed by atoms with Crippen molar-refractivity contribution in [3.8, 4) is 0 Å². The molecule has 7 nitrogen and oxygen atoms in total. The van der Waals surface area contributed by atoms with Gasteiger partial charge in [0.05, 0.1) is 12.7 Å². The molecule has 190 valence electrons. The van der Waals surface area contributed by atoms with Gasteiger partial charge in [-0.1, -0.05) is 38.8 Å². The van der Waals surface area contributed by atoms with E-state index in [2.05, 4.69) is 18.6 Å². The van der Waals surface area contributed by atoms with Gasteiger partial charge in [0.1, 0.15) is 12.2 Å². The molecule has 34 heavy (non-hydrogen) atoms. The molecule has 3 fully saturated rings. The summed E-state index contributed by atoms with van der Waals surface area (Å²) >= 11 is 0. The Morgan fingerprint density at radius 1 is 1.24 bits per heavy atom. The van der Waals surface area contributed by atoms with Crippen LogP contribution in [0.2, 0.25) is 0 Å². The van der Waals surface area contributed by atoms with E-state index in [9.17, 15) is 29.7 Å². The Morgan fingerprint density at radius 3 is 2.56 bits per heavy atom. The van der Waals surface area contributed by atoms with Crippen molar-refractivity contribution in [1.82, 2.24) is 0 Å². The third-order valence-electron chi connectivity index (χ3n) is 9.06. The molecule has 4 aliphatic carbocycles. The second kappa shape index (κ2) is 10.0. The van der Waals surface area contributed by atoms with Crippen LogP contribution in [0.3, 0.4) is 0 Å². The molecule has 0 aromatic carbocycles. The van der Waals surface area contributed by atoms with Crippen LogP contribution in [0.1, 0.15) is 72.6 Å². The molecule has 7 heteroatoms. The van der Waals surface area contributed by atoms with E-state index in [1.54, 1.807) is 12.2 Å². The van der Waals surface area contributed by atoms with E-state index in [0.717, 1.165) is 37.7 Å². The summed E-state index contributed by atoms with van der Waals surface area (Å²) in [6.45, 7) is 7.40. The lowest BCUT2D eigenvalue weighted by Crippen LogP contribution is -2.61. The third-order valence-corrected chi connectivity index (χ3v) is 9.06. The Morgan fingerprint density at radius 2 is 1.94 bits per heavy atom. The van der Waals surface area contributed by atoms with Gasteiger partial charge in [0, 0.05) is 23.7 Å². The maximum Gasteiger partial charge on any atom is 0.302 e. The molecule has 0 bridgehead atoms. The summed E-state index contributed by atoms with van der Waals surface area (Å²) in [6.07, 6.45) is 9.73. The quantitative estimate of drug-likeness (QED) is 0.412. The molecule has 0 amide bonds. The number of hydrogen-bond donors (Lipinski definition) is 3. The topological polar surface area (TPSA) is 121 Å². The Labute approximate surface area is 202 Å². The zero-order valence-corrected chi connectivity index (χ0v) is 20.9. The minimum atomic E-state index is -1.56. The molecule has 0 aromatic rings. The zero-order valence-electron chi connectivity index (χ0n) is 20.9.